The molecule has 1 amide bonds. The van der Waals surface area contributed by atoms with Crippen molar-refractivity contribution in [3.05, 3.63) is 48.9 Å². The first kappa shape index (κ1) is 14.8. The molecule has 2 aromatic rings. The molecule has 0 bridgehead atoms. The molecule has 2 aromatic heterocycles. The number of ether oxygens (including phenoxy) is 1. The molecule has 0 radical (unpaired) electrons. The Morgan fingerprint density at radius 2 is 1.89 bits per heavy atom. The Morgan fingerprint density at radius 1 is 1.21 bits per heavy atom. The Hall–Kier alpha value is -2.30. The largest absolute Gasteiger partial charge is 0.444 e. The molecule has 0 spiro atoms. The van der Waals surface area contributed by atoms with Crippen LogP contribution in [0.4, 0.5) is 10.6 Å². The number of aromatic nitrogens is 2. The van der Waals surface area contributed by atoms with Crippen LogP contribution in [0.1, 0.15) is 20.8 Å². The highest BCUT2D eigenvalue weighted by Gasteiger charge is 2.15. The number of amides is 1. The first-order chi connectivity index (χ1) is 8.97. The van der Waals surface area contributed by atoms with Gasteiger partial charge in [-0.2, -0.15) is 0 Å². The van der Waals surface area contributed by atoms with E-state index >= 15 is 0 Å². The molecular weight excluding hydrogens is 242 g/mol. The highest BCUT2D eigenvalue weighted by Crippen LogP contribution is 2.09. The SMILES string of the molecule is CC(C)(C)OC(=O)Nc1ccc[nH]1.c1ccncc1. The molecule has 2 N–H and O–H groups in total. The third-order valence-corrected chi connectivity index (χ3v) is 1.80. The minimum absolute atomic E-state index is 0.449. The van der Waals surface area contributed by atoms with Gasteiger partial charge in [-0.05, 0) is 45.0 Å². The number of hydrogen-bond acceptors (Lipinski definition) is 3. The highest BCUT2D eigenvalue weighted by atomic mass is 16.6. The summed E-state index contributed by atoms with van der Waals surface area (Å²) in [6, 6.07) is 9.27. The Morgan fingerprint density at radius 3 is 2.26 bits per heavy atom. The zero-order valence-electron chi connectivity index (χ0n) is 11.4. The maximum atomic E-state index is 11.2. The van der Waals surface area contributed by atoms with E-state index in [2.05, 4.69) is 15.3 Å². The zero-order valence-corrected chi connectivity index (χ0v) is 11.4. The van der Waals surface area contributed by atoms with E-state index in [1.165, 1.54) is 0 Å². The molecule has 0 fully saturated rings. The van der Waals surface area contributed by atoms with Crippen molar-refractivity contribution in [3.8, 4) is 0 Å². The van der Waals surface area contributed by atoms with Gasteiger partial charge in [0.25, 0.3) is 0 Å². The molecule has 5 heteroatoms. The third-order valence-electron chi connectivity index (χ3n) is 1.80. The number of hydrogen-bond donors (Lipinski definition) is 2. The van der Waals surface area contributed by atoms with Crippen LogP contribution in [0.15, 0.2) is 48.9 Å². The van der Waals surface area contributed by atoms with Crippen molar-refractivity contribution >= 4 is 11.9 Å². The van der Waals surface area contributed by atoms with E-state index in [1.54, 1.807) is 30.7 Å². The topological polar surface area (TPSA) is 67.0 Å². The minimum Gasteiger partial charge on any atom is -0.444 e. The van der Waals surface area contributed by atoms with Crippen LogP contribution in [0.25, 0.3) is 0 Å². The number of pyridine rings is 1. The second-order valence-electron chi connectivity index (χ2n) is 4.74. The summed E-state index contributed by atoms with van der Waals surface area (Å²) < 4.78 is 5.04. The van der Waals surface area contributed by atoms with Crippen molar-refractivity contribution in [1.82, 2.24) is 9.97 Å². The van der Waals surface area contributed by atoms with Gasteiger partial charge in [0.1, 0.15) is 11.4 Å². The maximum Gasteiger partial charge on any atom is 0.413 e. The van der Waals surface area contributed by atoms with E-state index in [0.717, 1.165) is 0 Å². The van der Waals surface area contributed by atoms with Gasteiger partial charge in [-0.25, -0.2) is 4.79 Å². The molecule has 0 saturated heterocycles. The molecule has 0 aliphatic carbocycles. The number of anilines is 1. The number of nitrogens with zero attached hydrogens (tertiary/aromatic N) is 1. The summed E-state index contributed by atoms with van der Waals surface area (Å²) in [5.74, 6) is 0.634. The highest BCUT2D eigenvalue weighted by molar-refractivity contribution is 5.83. The standard InChI is InChI=1S/C9H14N2O2.C5H5N/c1-9(2,3)13-8(12)11-7-5-4-6-10-7;1-2-4-6-5-3-1/h4-6,10H,1-3H3,(H,11,12);1-5H. The summed E-state index contributed by atoms with van der Waals surface area (Å²) >= 11 is 0. The van der Waals surface area contributed by atoms with Crippen molar-refractivity contribution in [2.24, 2.45) is 0 Å². The zero-order chi connectivity index (χ0) is 14.1. The fraction of sp³-hybridized carbons (Fsp3) is 0.286. The molecule has 0 unspecified atom stereocenters. The lowest BCUT2D eigenvalue weighted by Gasteiger charge is -2.19. The van der Waals surface area contributed by atoms with E-state index in [-0.39, 0.29) is 0 Å². The van der Waals surface area contributed by atoms with Gasteiger partial charge in [0, 0.05) is 18.6 Å². The Kier molecular flexibility index (Phi) is 5.60. The molecular formula is C14H19N3O2. The molecule has 102 valence electrons. The van der Waals surface area contributed by atoms with E-state index in [0.29, 0.717) is 5.82 Å². The quantitative estimate of drug-likeness (QED) is 0.826. The van der Waals surface area contributed by atoms with Gasteiger partial charge in [0.05, 0.1) is 0 Å². The molecule has 0 aromatic carbocycles. The number of carbonyl (C=O) groups excluding carboxylic acids is 1. The van der Waals surface area contributed by atoms with Gasteiger partial charge in [0.15, 0.2) is 0 Å². The average molecular weight is 261 g/mol. The van der Waals surface area contributed by atoms with Gasteiger partial charge in [-0.15, -0.1) is 0 Å². The van der Waals surface area contributed by atoms with Gasteiger partial charge in [0.2, 0.25) is 0 Å². The summed E-state index contributed by atoms with van der Waals surface area (Å²) in [6.45, 7) is 5.46. The van der Waals surface area contributed by atoms with Crippen molar-refractivity contribution in [2.75, 3.05) is 5.32 Å². The fourth-order valence-electron chi connectivity index (χ4n) is 1.13. The maximum absolute atomic E-state index is 11.2. The second kappa shape index (κ2) is 7.20. The van der Waals surface area contributed by atoms with Crippen LogP contribution in [-0.4, -0.2) is 21.7 Å². The van der Waals surface area contributed by atoms with E-state index < -0.39 is 11.7 Å². The Bertz CT molecular complexity index is 434. The third kappa shape index (κ3) is 7.59. The van der Waals surface area contributed by atoms with Gasteiger partial charge >= 0.3 is 6.09 Å². The van der Waals surface area contributed by atoms with Crippen molar-refractivity contribution in [1.29, 1.82) is 0 Å². The predicted octanol–water partition coefficient (Wildman–Crippen LogP) is 3.44. The molecule has 0 atom stereocenters. The number of carbonyl (C=O) groups is 1. The first-order valence-corrected chi connectivity index (χ1v) is 5.96. The van der Waals surface area contributed by atoms with Crippen LogP contribution in [0.3, 0.4) is 0 Å². The Balaban J connectivity index is 0.000000250. The molecule has 5 nitrogen and oxygen atoms in total. The van der Waals surface area contributed by atoms with Crippen LogP contribution in [0, 0.1) is 0 Å². The molecule has 0 aliphatic heterocycles. The van der Waals surface area contributed by atoms with Crippen molar-refractivity contribution in [2.45, 2.75) is 26.4 Å². The summed E-state index contributed by atoms with van der Waals surface area (Å²) in [6.07, 6.45) is 4.78. The van der Waals surface area contributed by atoms with E-state index in [9.17, 15) is 4.79 Å². The van der Waals surface area contributed by atoms with Gasteiger partial charge < -0.3 is 9.72 Å². The minimum atomic E-state index is -0.462. The lowest BCUT2D eigenvalue weighted by Crippen LogP contribution is -2.27. The monoisotopic (exact) mass is 261 g/mol. The summed E-state index contributed by atoms with van der Waals surface area (Å²) in [4.78, 5) is 17.8. The van der Waals surface area contributed by atoms with Crippen molar-refractivity contribution < 1.29 is 9.53 Å². The van der Waals surface area contributed by atoms with E-state index in [4.69, 9.17) is 4.74 Å². The number of aromatic amines is 1. The number of nitrogens with one attached hydrogen (secondary N) is 2. The molecule has 0 aliphatic rings. The van der Waals surface area contributed by atoms with Crippen LogP contribution in [0.5, 0.6) is 0 Å². The summed E-state index contributed by atoms with van der Waals surface area (Å²) in [7, 11) is 0. The smallest absolute Gasteiger partial charge is 0.413 e. The van der Waals surface area contributed by atoms with Crippen LogP contribution < -0.4 is 5.32 Å². The fourth-order valence-corrected chi connectivity index (χ4v) is 1.13. The lowest BCUT2D eigenvalue weighted by atomic mass is 10.2. The summed E-state index contributed by atoms with van der Waals surface area (Å²) in [5, 5.41) is 2.56. The molecule has 2 heterocycles. The molecule has 0 saturated carbocycles. The van der Waals surface area contributed by atoms with Gasteiger partial charge in [-0.3, -0.25) is 10.3 Å². The lowest BCUT2D eigenvalue weighted by molar-refractivity contribution is 0.0635. The number of H-pyrrole nitrogens is 1. The Labute approximate surface area is 113 Å². The molecule has 2 rings (SSSR count). The summed E-state index contributed by atoms with van der Waals surface area (Å²) in [5.41, 5.74) is -0.462. The van der Waals surface area contributed by atoms with Crippen LogP contribution in [-0.2, 0) is 4.74 Å². The van der Waals surface area contributed by atoms with Gasteiger partial charge in [-0.1, -0.05) is 6.07 Å². The predicted molar refractivity (Wildman–Crippen MR) is 74.9 cm³/mol. The van der Waals surface area contributed by atoms with E-state index in [1.807, 2.05) is 39.0 Å². The normalized spacial score (nSPS) is 10.1. The second-order valence-corrected chi connectivity index (χ2v) is 4.74. The molecule has 19 heavy (non-hydrogen) atoms. The average Bonchev–Trinajstić information content (AvgIpc) is 2.82. The van der Waals surface area contributed by atoms with Crippen LogP contribution >= 0.6 is 0 Å². The first-order valence-electron chi connectivity index (χ1n) is 5.96. The van der Waals surface area contributed by atoms with Crippen molar-refractivity contribution in [3.63, 3.8) is 0 Å². The van der Waals surface area contributed by atoms with Crippen LogP contribution in [0.2, 0.25) is 0 Å². The number of rotatable bonds is 1.